The normalized spacial score (nSPS) is 22.7. The molecule has 0 aliphatic carbocycles. The third-order valence-corrected chi connectivity index (χ3v) is 4.85. The van der Waals surface area contributed by atoms with Crippen molar-refractivity contribution >= 4 is 17.3 Å². The zero-order valence-corrected chi connectivity index (χ0v) is 12.6. The first kappa shape index (κ1) is 14.2. The molecule has 112 valence electrons. The van der Waals surface area contributed by atoms with Gasteiger partial charge in [0.05, 0.1) is 17.5 Å². The second-order valence-electron chi connectivity index (χ2n) is 5.43. The number of aromatic nitrogens is 2. The Morgan fingerprint density at radius 3 is 3.10 bits per heavy atom. The first-order valence-corrected chi connectivity index (χ1v) is 7.88. The van der Waals surface area contributed by atoms with Gasteiger partial charge in [0.25, 0.3) is 5.89 Å². The van der Waals surface area contributed by atoms with Crippen LogP contribution >= 0.6 is 11.3 Å². The van der Waals surface area contributed by atoms with Crippen LogP contribution in [0.2, 0.25) is 0 Å². The molecule has 6 nitrogen and oxygen atoms in total. The van der Waals surface area contributed by atoms with Crippen molar-refractivity contribution < 1.29 is 14.4 Å². The number of aliphatic carboxylic acids is 1. The number of thiophene rings is 1. The summed E-state index contributed by atoms with van der Waals surface area (Å²) in [4.78, 5) is 17.9. The van der Waals surface area contributed by atoms with Crippen molar-refractivity contribution in [1.29, 1.82) is 0 Å². The highest BCUT2D eigenvalue weighted by Gasteiger charge is 2.43. The standard InChI is InChI=1S/C14H17N3O3S/c1-2-14(13(18)19)4-5-17(9-14)7-11-15-12(20-16-11)10-3-6-21-8-10/h3,6,8H,2,4-5,7,9H2,1H3,(H,18,19). The summed E-state index contributed by atoms with van der Waals surface area (Å²) < 4.78 is 5.25. The van der Waals surface area contributed by atoms with E-state index < -0.39 is 11.4 Å². The second kappa shape index (κ2) is 5.57. The highest BCUT2D eigenvalue weighted by Crippen LogP contribution is 2.34. The van der Waals surface area contributed by atoms with Crippen LogP contribution in [0.25, 0.3) is 11.5 Å². The van der Waals surface area contributed by atoms with Crippen LogP contribution in [-0.4, -0.2) is 39.2 Å². The Hall–Kier alpha value is -1.73. The zero-order chi connectivity index (χ0) is 14.9. The topological polar surface area (TPSA) is 79.5 Å². The Morgan fingerprint density at radius 1 is 1.62 bits per heavy atom. The molecular formula is C14H17N3O3S. The summed E-state index contributed by atoms with van der Waals surface area (Å²) in [7, 11) is 0. The van der Waals surface area contributed by atoms with Crippen LogP contribution in [0.5, 0.6) is 0 Å². The molecule has 3 heterocycles. The highest BCUT2D eigenvalue weighted by atomic mass is 32.1. The second-order valence-corrected chi connectivity index (χ2v) is 6.21. The molecule has 21 heavy (non-hydrogen) atoms. The fourth-order valence-corrected chi connectivity index (χ4v) is 3.36. The molecule has 0 aromatic carbocycles. The number of carboxylic acids is 1. The molecular weight excluding hydrogens is 290 g/mol. The van der Waals surface area contributed by atoms with Crippen LogP contribution in [0.3, 0.4) is 0 Å². The number of nitrogens with zero attached hydrogens (tertiary/aromatic N) is 3. The Bertz CT molecular complexity index is 625. The summed E-state index contributed by atoms with van der Waals surface area (Å²) in [5.74, 6) is 0.415. The molecule has 1 aliphatic rings. The minimum absolute atomic E-state index is 0.519. The summed E-state index contributed by atoms with van der Waals surface area (Å²) in [6.45, 7) is 3.76. The van der Waals surface area contributed by atoms with E-state index in [4.69, 9.17) is 4.52 Å². The van der Waals surface area contributed by atoms with Gasteiger partial charge in [0, 0.05) is 11.9 Å². The van der Waals surface area contributed by atoms with Gasteiger partial charge in [-0.1, -0.05) is 12.1 Å². The van der Waals surface area contributed by atoms with Crippen molar-refractivity contribution in [3.8, 4) is 11.5 Å². The Balaban J connectivity index is 1.67. The van der Waals surface area contributed by atoms with Crippen molar-refractivity contribution in [2.75, 3.05) is 13.1 Å². The lowest BCUT2D eigenvalue weighted by Crippen LogP contribution is -2.34. The van der Waals surface area contributed by atoms with E-state index in [-0.39, 0.29) is 0 Å². The average molecular weight is 307 g/mol. The van der Waals surface area contributed by atoms with Crippen molar-refractivity contribution in [2.45, 2.75) is 26.3 Å². The zero-order valence-electron chi connectivity index (χ0n) is 11.8. The minimum atomic E-state index is -0.709. The maximum absolute atomic E-state index is 11.4. The third kappa shape index (κ3) is 2.71. The first-order valence-electron chi connectivity index (χ1n) is 6.94. The molecule has 1 fully saturated rings. The van der Waals surface area contributed by atoms with Crippen LogP contribution in [0.1, 0.15) is 25.6 Å². The molecule has 1 N–H and O–H groups in total. The lowest BCUT2D eigenvalue weighted by molar-refractivity contribution is -0.148. The molecule has 2 aromatic heterocycles. The molecule has 0 saturated carbocycles. The molecule has 0 amide bonds. The lowest BCUT2D eigenvalue weighted by Gasteiger charge is -2.22. The number of carboxylic acid groups (broad SMARTS) is 1. The molecule has 1 unspecified atom stereocenters. The van der Waals surface area contributed by atoms with E-state index in [0.29, 0.717) is 37.6 Å². The fraction of sp³-hybridized carbons (Fsp3) is 0.500. The Labute approximate surface area is 126 Å². The van der Waals surface area contributed by atoms with Gasteiger partial charge in [-0.3, -0.25) is 9.69 Å². The number of hydrogen-bond donors (Lipinski definition) is 1. The Kier molecular flexibility index (Phi) is 3.77. The maximum Gasteiger partial charge on any atom is 0.310 e. The molecule has 1 aliphatic heterocycles. The van der Waals surface area contributed by atoms with E-state index in [0.717, 1.165) is 12.1 Å². The summed E-state index contributed by atoms with van der Waals surface area (Å²) in [6, 6.07) is 1.93. The van der Waals surface area contributed by atoms with Gasteiger partial charge in [0.1, 0.15) is 0 Å². The maximum atomic E-state index is 11.4. The highest BCUT2D eigenvalue weighted by molar-refractivity contribution is 7.08. The van der Waals surface area contributed by atoms with E-state index in [9.17, 15) is 9.90 Å². The largest absolute Gasteiger partial charge is 0.481 e. The molecule has 7 heteroatoms. The van der Waals surface area contributed by atoms with E-state index in [1.54, 1.807) is 11.3 Å². The van der Waals surface area contributed by atoms with Crippen LogP contribution in [0.15, 0.2) is 21.3 Å². The van der Waals surface area contributed by atoms with Gasteiger partial charge in [-0.05, 0) is 30.8 Å². The monoisotopic (exact) mass is 307 g/mol. The lowest BCUT2D eigenvalue weighted by atomic mass is 9.84. The molecule has 0 radical (unpaired) electrons. The predicted octanol–water partition coefficient (Wildman–Crippen LogP) is 2.48. The van der Waals surface area contributed by atoms with Gasteiger partial charge in [-0.15, -0.1) is 0 Å². The Morgan fingerprint density at radius 2 is 2.48 bits per heavy atom. The van der Waals surface area contributed by atoms with Crippen molar-refractivity contribution in [3.05, 3.63) is 22.7 Å². The van der Waals surface area contributed by atoms with Gasteiger partial charge in [0.15, 0.2) is 5.82 Å². The SMILES string of the molecule is CCC1(C(=O)O)CCN(Cc2noc(-c3ccsc3)n2)C1. The predicted molar refractivity (Wildman–Crippen MR) is 77.9 cm³/mol. The van der Waals surface area contributed by atoms with Crippen LogP contribution < -0.4 is 0 Å². The van der Waals surface area contributed by atoms with Gasteiger partial charge in [0.2, 0.25) is 0 Å². The van der Waals surface area contributed by atoms with Crippen LogP contribution in [0, 0.1) is 5.41 Å². The number of likely N-dealkylation sites (tertiary alicyclic amines) is 1. The molecule has 0 spiro atoms. The third-order valence-electron chi connectivity index (χ3n) is 4.16. The van der Waals surface area contributed by atoms with Gasteiger partial charge in [-0.25, -0.2) is 0 Å². The molecule has 0 bridgehead atoms. The van der Waals surface area contributed by atoms with Crippen molar-refractivity contribution in [2.24, 2.45) is 5.41 Å². The molecule has 1 atom stereocenters. The number of hydrogen-bond acceptors (Lipinski definition) is 6. The molecule has 1 saturated heterocycles. The van der Waals surface area contributed by atoms with Gasteiger partial charge < -0.3 is 9.63 Å². The minimum Gasteiger partial charge on any atom is -0.481 e. The summed E-state index contributed by atoms with van der Waals surface area (Å²) in [6.07, 6.45) is 1.32. The van der Waals surface area contributed by atoms with Crippen molar-refractivity contribution in [3.63, 3.8) is 0 Å². The summed E-state index contributed by atoms with van der Waals surface area (Å²) in [5, 5.41) is 17.3. The van der Waals surface area contributed by atoms with E-state index >= 15 is 0 Å². The summed E-state index contributed by atoms with van der Waals surface area (Å²) >= 11 is 1.58. The van der Waals surface area contributed by atoms with Crippen LogP contribution in [-0.2, 0) is 11.3 Å². The quantitative estimate of drug-likeness (QED) is 0.914. The molecule has 3 rings (SSSR count). The fourth-order valence-electron chi connectivity index (χ4n) is 2.73. The van der Waals surface area contributed by atoms with Crippen molar-refractivity contribution in [1.82, 2.24) is 15.0 Å². The van der Waals surface area contributed by atoms with E-state index in [1.165, 1.54) is 0 Å². The summed E-state index contributed by atoms with van der Waals surface area (Å²) in [5.41, 5.74) is 0.300. The average Bonchev–Trinajstić information content (AvgIpc) is 3.19. The van der Waals surface area contributed by atoms with Gasteiger partial charge >= 0.3 is 5.97 Å². The van der Waals surface area contributed by atoms with E-state index in [1.807, 2.05) is 23.8 Å². The first-order chi connectivity index (χ1) is 10.1. The number of rotatable bonds is 5. The van der Waals surface area contributed by atoms with Gasteiger partial charge in [-0.2, -0.15) is 16.3 Å². The molecule has 2 aromatic rings. The van der Waals surface area contributed by atoms with Crippen LogP contribution in [0.4, 0.5) is 0 Å². The van der Waals surface area contributed by atoms with E-state index in [2.05, 4.69) is 15.0 Å². The number of carbonyl (C=O) groups is 1. The smallest absolute Gasteiger partial charge is 0.310 e.